The Morgan fingerprint density at radius 1 is 1.26 bits per heavy atom. The maximum absolute atomic E-state index is 11.3. The van der Waals surface area contributed by atoms with Crippen molar-refractivity contribution in [1.82, 2.24) is 4.90 Å². The molecule has 1 aliphatic carbocycles. The fourth-order valence-corrected chi connectivity index (χ4v) is 4.30. The summed E-state index contributed by atoms with van der Waals surface area (Å²) in [5.74, 6) is 2.55. The number of hydrogen-bond donors (Lipinski definition) is 1. The van der Waals surface area contributed by atoms with Crippen molar-refractivity contribution in [3.63, 3.8) is 0 Å². The summed E-state index contributed by atoms with van der Waals surface area (Å²) in [6, 6.07) is 6.17. The number of nitro benzene ring substituents is 1. The van der Waals surface area contributed by atoms with Crippen LogP contribution in [0.3, 0.4) is 0 Å². The lowest BCUT2D eigenvalue weighted by molar-refractivity contribution is -0.384. The van der Waals surface area contributed by atoms with Crippen molar-refractivity contribution in [2.24, 2.45) is 0 Å². The van der Waals surface area contributed by atoms with Crippen LogP contribution in [-0.4, -0.2) is 47.7 Å². The second kappa shape index (κ2) is 9.20. The smallest absolute Gasteiger partial charge is 0.292 e. The van der Waals surface area contributed by atoms with Gasteiger partial charge in [-0.25, -0.2) is 0 Å². The first-order chi connectivity index (χ1) is 13.1. The van der Waals surface area contributed by atoms with E-state index < -0.39 is 0 Å². The van der Waals surface area contributed by atoms with E-state index in [9.17, 15) is 10.1 Å². The first kappa shape index (κ1) is 19.7. The van der Waals surface area contributed by atoms with Crippen molar-refractivity contribution >= 4 is 11.4 Å². The number of aryl methyl sites for hydroxylation is 1. The molecule has 6 nitrogen and oxygen atoms in total. The molecule has 1 aliphatic heterocycles. The Labute approximate surface area is 161 Å². The van der Waals surface area contributed by atoms with Crippen LogP contribution < -0.4 is 5.32 Å². The third kappa shape index (κ3) is 5.21. The molecular formula is C21H29N3O3. The van der Waals surface area contributed by atoms with Crippen molar-refractivity contribution in [2.45, 2.75) is 63.6 Å². The van der Waals surface area contributed by atoms with Gasteiger partial charge in [0.05, 0.1) is 11.0 Å². The zero-order chi connectivity index (χ0) is 19.2. The van der Waals surface area contributed by atoms with Gasteiger partial charge in [-0.05, 0) is 57.1 Å². The quantitative estimate of drug-likeness (QED) is 0.469. The second-order valence-electron chi connectivity index (χ2n) is 7.68. The van der Waals surface area contributed by atoms with Gasteiger partial charge in [-0.1, -0.05) is 12.0 Å². The molecule has 0 bridgehead atoms. The number of hydrogen-bond acceptors (Lipinski definition) is 5. The topological polar surface area (TPSA) is 67.6 Å². The Hall–Kier alpha value is -2.10. The molecule has 3 rings (SSSR count). The summed E-state index contributed by atoms with van der Waals surface area (Å²) in [6.07, 6.45) is 12.1. The molecule has 1 saturated heterocycles. The van der Waals surface area contributed by atoms with Gasteiger partial charge in [-0.15, -0.1) is 6.42 Å². The standard InChI is InChI=1S/C21H29N3O3/c1-3-14-27-19-7-5-18(6-8-19)23-12-10-17(11-13-23)22-20-15-16(2)4-9-21(20)24(25)26/h1,4,9,15,17-19,22H,5-8,10-14H2,2H3. The van der Waals surface area contributed by atoms with Gasteiger partial charge in [0.2, 0.25) is 0 Å². The number of likely N-dealkylation sites (tertiary alicyclic amines) is 1. The lowest BCUT2D eigenvalue weighted by atomic mass is 9.90. The molecule has 0 aromatic heterocycles. The normalized spacial score (nSPS) is 24.3. The molecule has 1 aromatic rings. The molecule has 6 heteroatoms. The number of benzene rings is 1. The van der Waals surface area contributed by atoms with Crippen LogP contribution in [0.2, 0.25) is 0 Å². The fourth-order valence-electron chi connectivity index (χ4n) is 4.30. The van der Waals surface area contributed by atoms with Gasteiger partial charge >= 0.3 is 0 Å². The van der Waals surface area contributed by atoms with Crippen LogP contribution in [0.4, 0.5) is 11.4 Å². The lowest BCUT2D eigenvalue weighted by Gasteiger charge is -2.41. The Balaban J connectivity index is 1.48. The zero-order valence-electron chi connectivity index (χ0n) is 16.0. The predicted molar refractivity (Wildman–Crippen MR) is 107 cm³/mol. The summed E-state index contributed by atoms with van der Waals surface area (Å²) in [6.45, 7) is 4.45. The zero-order valence-corrected chi connectivity index (χ0v) is 16.0. The highest BCUT2D eigenvalue weighted by Crippen LogP contribution is 2.30. The van der Waals surface area contributed by atoms with E-state index in [-0.39, 0.29) is 16.7 Å². The van der Waals surface area contributed by atoms with E-state index in [4.69, 9.17) is 11.2 Å². The SMILES string of the molecule is C#CCOC1CCC(N2CCC(Nc3cc(C)ccc3[N+](=O)[O-])CC2)CC1. The molecule has 0 atom stereocenters. The van der Waals surface area contributed by atoms with Gasteiger partial charge in [0.15, 0.2) is 0 Å². The molecule has 1 heterocycles. The molecule has 2 aliphatic rings. The summed E-state index contributed by atoms with van der Waals surface area (Å²) in [4.78, 5) is 13.5. The molecule has 0 spiro atoms. The van der Waals surface area contributed by atoms with Crippen LogP contribution in [0, 0.1) is 29.4 Å². The Kier molecular flexibility index (Phi) is 6.70. The number of anilines is 1. The van der Waals surface area contributed by atoms with Gasteiger partial charge in [-0.3, -0.25) is 10.1 Å². The monoisotopic (exact) mass is 371 g/mol. The number of ether oxygens (including phenoxy) is 1. The Morgan fingerprint density at radius 2 is 1.96 bits per heavy atom. The van der Waals surface area contributed by atoms with Crippen LogP contribution in [-0.2, 0) is 4.74 Å². The highest BCUT2D eigenvalue weighted by Gasteiger charge is 2.29. The van der Waals surface area contributed by atoms with Gasteiger partial charge in [0.1, 0.15) is 12.3 Å². The first-order valence-corrected chi connectivity index (χ1v) is 9.87. The van der Waals surface area contributed by atoms with Crippen molar-refractivity contribution < 1.29 is 9.66 Å². The minimum Gasteiger partial charge on any atom is -0.377 e. The van der Waals surface area contributed by atoms with E-state index >= 15 is 0 Å². The van der Waals surface area contributed by atoms with Crippen molar-refractivity contribution in [2.75, 3.05) is 25.0 Å². The van der Waals surface area contributed by atoms with E-state index in [1.165, 1.54) is 0 Å². The Morgan fingerprint density at radius 3 is 2.59 bits per heavy atom. The third-order valence-corrected chi connectivity index (χ3v) is 5.80. The van der Waals surface area contributed by atoms with Crippen molar-refractivity contribution in [1.29, 1.82) is 0 Å². The van der Waals surface area contributed by atoms with E-state index in [1.54, 1.807) is 12.1 Å². The summed E-state index contributed by atoms with van der Waals surface area (Å²) < 4.78 is 5.67. The molecule has 27 heavy (non-hydrogen) atoms. The Bertz CT molecular complexity index is 684. The molecule has 2 fully saturated rings. The van der Waals surface area contributed by atoms with Crippen LogP contribution in [0.15, 0.2) is 18.2 Å². The average molecular weight is 371 g/mol. The maximum Gasteiger partial charge on any atom is 0.292 e. The van der Waals surface area contributed by atoms with E-state index in [0.717, 1.165) is 57.2 Å². The summed E-state index contributed by atoms with van der Waals surface area (Å²) >= 11 is 0. The number of nitrogens with zero attached hydrogens (tertiary/aromatic N) is 2. The highest BCUT2D eigenvalue weighted by molar-refractivity contribution is 5.63. The van der Waals surface area contributed by atoms with Gasteiger partial charge in [-0.2, -0.15) is 0 Å². The largest absolute Gasteiger partial charge is 0.377 e. The minimum atomic E-state index is -0.308. The number of rotatable bonds is 6. The van der Waals surface area contributed by atoms with Crippen LogP contribution in [0.25, 0.3) is 0 Å². The molecule has 0 radical (unpaired) electrons. The highest BCUT2D eigenvalue weighted by atomic mass is 16.6. The van der Waals surface area contributed by atoms with E-state index in [1.807, 2.05) is 13.0 Å². The predicted octanol–water partition coefficient (Wildman–Crippen LogP) is 3.74. The fraction of sp³-hybridized carbons (Fsp3) is 0.619. The van der Waals surface area contributed by atoms with Crippen LogP contribution in [0.1, 0.15) is 44.1 Å². The van der Waals surface area contributed by atoms with Gasteiger partial charge in [0.25, 0.3) is 5.69 Å². The average Bonchev–Trinajstić information content (AvgIpc) is 2.67. The summed E-state index contributed by atoms with van der Waals surface area (Å²) in [7, 11) is 0. The molecular weight excluding hydrogens is 342 g/mol. The molecule has 1 aromatic carbocycles. The molecule has 1 saturated carbocycles. The summed E-state index contributed by atoms with van der Waals surface area (Å²) in [5, 5.41) is 14.7. The van der Waals surface area contributed by atoms with Crippen LogP contribution in [0.5, 0.6) is 0 Å². The summed E-state index contributed by atoms with van der Waals surface area (Å²) in [5.41, 5.74) is 1.84. The minimum absolute atomic E-state index is 0.160. The molecule has 1 N–H and O–H groups in total. The number of nitrogens with one attached hydrogen (secondary N) is 1. The van der Waals surface area contributed by atoms with Gasteiger partial charge < -0.3 is 15.0 Å². The second-order valence-corrected chi connectivity index (χ2v) is 7.68. The lowest BCUT2D eigenvalue weighted by Crippen LogP contribution is -2.46. The van der Waals surface area contributed by atoms with Crippen molar-refractivity contribution in [3.8, 4) is 12.3 Å². The number of terminal acetylenes is 1. The third-order valence-electron chi connectivity index (χ3n) is 5.80. The van der Waals surface area contributed by atoms with Gasteiger partial charge in [0, 0.05) is 31.2 Å². The van der Waals surface area contributed by atoms with E-state index in [2.05, 4.69) is 16.1 Å². The number of piperidine rings is 1. The molecule has 146 valence electrons. The van der Waals surface area contributed by atoms with E-state index in [0.29, 0.717) is 24.4 Å². The first-order valence-electron chi connectivity index (χ1n) is 9.87. The van der Waals surface area contributed by atoms with Crippen molar-refractivity contribution in [3.05, 3.63) is 33.9 Å². The van der Waals surface area contributed by atoms with Crippen LogP contribution >= 0.6 is 0 Å². The maximum atomic E-state index is 11.3. The molecule has 0 amide bonds. The number of nitro groups is 1. The molecule has 0 unspecified atom stereocenters.